The van der Waals surface area contributed by atoms with E-state index in [1.165, 1.54) is 12.4 Å². The molecule has 3 rings (SSSR count). The van der Waals surface area contributed by atoms with Crippen LogP contribution in [0.15, 0.2) is 53.9 Å². The van der Waals surface area contributed by atoms with Crippen molar-refractivity contribution in [2.24, 2.45) is 5.10 Å². The summed E-state index contributed by atoms with van der Waals surface area (Å²) in [6.07, 6.45) is 4.62. The van der Waals surface area contributed by atoms with Crippen LogP contribution in [0.1, 0.15) is 15.9 Å². The number of aromatic nitrogens is 2. The topological polar surface area (TPSA) is 96.6 Å². The van der Waals surface area contributed by atoms with Crippen molar-refractivity contribution in [3.05, 3.63) is 65.1 Å². The van der Waals surface area contributed by atoms with Crippen molar-refractivity contribution in [2.75, 3.05) is 0 Å². The Balaban J connectivity index is 1.83. The highest BCUT2D eigenvalue weighted by Gasteiger charge is 2.11. The SMILES string of the molecule is O=C(O)Cn1cc(C=NNC(=O)c2cccnc2Cl)c2ccccc21. The molecule has 0 aliphatic carbocycles. The molecule has 1 amide bonds. The number of para-hydroxylation sites is 1. The van der Waals surface area contributed by atoms with Crippen molar-refractivity contribution in [1.82, 2.24) is 15.0 Å². The standard InChI is InChI=1S/C17H13ClN4O3/c18-16-13(5-3-7-19-16)17(25)21-20-8-11-9-22(10-15(23)24)14-6-2-1-4-12(11)14/h1-9H,10H2,(H,21,25)(H,23,24). The van der Waals surface area contributed by atoms with Gasteiger partial charge in [-0.25, -0.2) is 10.4 Å². The lowest BCUT2D eigenvalue weighted by molar-refractivity contribution is -0.137. The number of pyridine rings is 1. The number of hydrogen-bond donors (Lipinski definition) is 2. The molecule has 0 aliphatic rings. The smallest absolute Gasteiger partial charge is 0.323 e. The number of carbonyl (C=O) groups excluding carboxylic acids is 1. The van der Waals surface area contributed by atoms with Gasteiger partial charge in [-0.1, -0.05) is 29.8 Å². The number of halogens is 1. The summed E-state index contributed by atoms with van der Waals surface area (Å²) in [5.74, 6) is -1.42. The lowest BCUT2D eigenvalue weighted by Crippen LogP contribution is -2.18. The molecule has 0 fully saturated rings. The normalized spacial score (nSPS) is 11.1. The van der Waals surface area contributed by atoms with Crippen molar-refractivity contribution in [3.8, 4) is 0 Å². The van der Waals surface area contributed by atoms with Crippen LogP contribution in [0.5, 0.6) is 0 Å². The van der Waals surface area contributed by atoms with Crippen LogP contribution in [0.3, 0.4) is 0 Å². The van der Waals surface area contributed by atoms with Crippen LogP contribution in [0, 0.1) is 0 Å². The van der Waals surface area contributed by atoms with Gasteiger partial charge in [-0.15, -0.1) is 0 Å². The number of nitrogens with zero attached hydrogens (tertiary/aromatic N) is 3. The molecule has 1 aromatic carbocycles. The summed E-state index contributed by atoms with van der Waals surface area (Å²) in [5.41, 5.74) is 4.06. The third kappa shape index (κ3) is 3.67. The second-order valence-electron chi connectivity index (χ2n) is 5.16. The van der Waals surface area contributed by atoms with Gasteiger partial charge in [0.1, 0.15) is 11.7 Å². The molecule has 126 valence electrons. The molecule has 8 heteroatoms. The Bertz CT molecular complexity index is 981. The van der Waals surface area contributed by atoms with Gasteiger partial charge in [0.2, 0.25) is 0 Å². The lowest BCUT2D eigenvalue weighted by Gasteiger charge is -2.00. The minimum absolute atomic E-state index is 0.0910. The van der Waals surface area contributed by atoms with Crippen LogP contribution in [0.25, 0.3) is 10.9 Å². The minimum Gasteiger partial charge on any atom is -0.480 e. The summed E-state index contributed by atoms with van der Waals surface area (Å²) in [5, 5.41) is 13.9. The van der Waals surface area contributed by atoms with E-state index in [0.29, 0.717) is 5.56 Å². The zero-order valence-electron chi connectivity index (χ0n) is 12.9. The van der Waals surface area contributed by atoms with E-state index in [1.807, 2.05) is 24.3 Å². The first-order chi connectivity index (χ1) is 12.1. The molecule has 0 unspecified atom stereocenters. The first-order valence-electron chi connectivity index (χ1n) is 7.30. The van der Waals surface area contributed by atoms with Crippen LogP contribution in [-0.2, 0) is 11.3 Å². The van der Waals surface area contributed by atoms with Crippen molar-refractivity contribution in [2.45, 2.75) is 6.54 Å². The Hall–Kier alpha value is -3.19. The number of hydrazone groups is 1. The zero-order chi connectivity index (χ0) is 17.8. The molecule has 0 radical (unpaired) electrons. The van der Waals surface area contributed by atoms with E-state index in [9.17, 15) is 9.59 Å². The van der Waals surface area contributed by atoms with Crippen LogP contribution < -0.4 is 5.43 Å². The van der Waals surface area contributed by atoms with E-state index >= 15 is 0 Å². The molecule has 0 spiro atoms. The molecule has 7 nitrogen and oxygen atoms in total. The van der Waals surface area contributed by atoms with E-state index in [0.717, 1.165) is 10.9 Å². The second-order valence-corrected chi connectivity index (χ2v) is 5.52. The number of hydrogen-bond acceptors (Lipinski definition) is 4. The highest BCUT2D eigenvalue weighted by Crippen LogP contribution is 2.20. The molecule has 2 N–H and O–H groups in total. The van der Waals surface area contributed by atoms with E-state index in [2.05, 4.69) is 15.5 Å². The maximum absolute atomic E-state index is 12.0. The molecule has 3 aromatic rings. The van der Waals surface area contributed by atoms with Gasteiger partial charge in [-0.3, -0.25) is 9.59 Å². The van der Waals surface area contributed by atoms with Gasteiger partial charge in [0.05, 0.1) is 11.8 Å². The third-order valence-electron chi connectivity index (χ3n) is 3.50. The molecular weight excluding hydrogens is 344 g/mol. The van der Waals surface area contributed by atoms with Crippen LogP contribution in [0.2, 0.25) is 5.15 Å². The molecule has 0 saturated heterocycles. The first-order valence-corrected chi connectivity index (χ1v) is 7.67. The van der Waals surface area contributed by atoms with E-state index < -0.39 is 11.9 Å². The average molecular weight is 357 g/mol. The van der Waals surface area contributed by atoms with Gasteiger partial charge in [-0.2, -0.15) is 5.10 Å². The Morgan fingerprint density at radius 3 is 2.84 bits per heavy atom. The summed E-state index contributed by atoms with van der Waals surface area (Å²) in [4.78, 5) is 26.9. The highest BCUT2D eigenvalue weighted by atomic mass is 35.5. The summed E-state index contributed by atoms with van der Waals surface area (Å²) < 4.78 is 1.61. The summed E-state index contributed by atoms with van der Waals surface area (Å²) >= 11 is 5.86. The van der Waals surface area contributed by atoms with Gasteiger partial charge in [0, 0.05) is 28.9 Å². The number of carbonyl (C=O) groups is 2. The summed E-state index contributed by atoms with van der Waals surface area (Å²) in [6.45, 7) is -0.161. The molecule has 2 aromatic heterocycles. The Labute approximate surface area is 147 Å². The fourth-order valence-electron chi connectivity index (χ4n) is 2.43. The highest BCUT2D eigenvalue weighted by molar-refractivity contribution is 6.32. The Morgan fingerprint density at radius 1 is 1.28 bits per heavy atom. The molecule has 25 heavy (non-hydrogen) atoms. The maximum Gasteiger partial charge on any atom is 0.323 e. The second kappa shape index (κ2) is 7.14. The number of aliphatic carboxylic acids is 1. The number of fused-ring (bicyclic) bond motifs is 1. The van der Waals surface area contributed by atoms with Gasteiger partial charge < -0.3 is 9.67 Å². The van der Waals surface area contributed by atoms with E-state index in [1.54, 1.807) is 22.9 Å². The average Bonchev–Trinajstić information content (AvgIpc) is 2.93. The monoisotopic (exact) mass is 356 g/mol. The number of carboxylic acids is 1. The molecule has 0 aliphatic heterocycles. The van der Waals surface area contributed by atoms with Gasteiger partial charge >= 0.3 is 5.97 Å². The number of benzene rings is 1. The largest absolute Gasteiger partial charge is 0.480 e. The summed E-state index contributed by atoms with van der Waals surface area (Å²) in [6, 6.07) is 10.5. The summed E-state index contributed by atoms with van der Waals surface area (Å²) in [7, 11) is 0. The third-order valence-corrected chi connectivity index (χ3v) is 3.80. The van der Waals surface area contributed by atoms with Crippen molar-refractivity contribution in [3.63, 3.8) is 0 Å². The fourth-order valence-corrected chi connectivity index (χ4v) is 2.64. The van der Waals surface area contributed by atoms with Crippen molar-refractivity contribution < 1.29 is 14.7 Å². The van der Waals surface area contributed by atoms with Crippen LogP contribution in [0.4, 0.5) is 0 Å². The molecule has 0 bridgehead atoms. The predicted octanol–water partition coefficient (Wildman–Crippen LogP) is 2.54. The zero-order valence-corrected chi connectivity index (χ0v) is 13.6. The lowest BCUT2D eigenvalue weighted by atomic mass is 10.2. The number of carboxylic acid groups (broad SMARTS) is 1. The minimum atomic E-state index is -0.941. The number of rotatable bonds is 5. The van der Waals surface area contributed by atoms with Gasteiger partial charge in [-0.05, 0) is 18.2 Å². The maximum atomic E-state index is 12.0. The van der Waals surface area contributed by atoms with Gasteiger partial charge in [0.25, 0.3) is 5.91 Å². The van der Waals surface area contributed by atoms with Crippen LogP contribution >= 0.6 is 11.6 Å². The first kappa shape index (κ1) is 16.7. The van der Waals surface area contributed by atoms with Crippen molar-refractivity contribution >= 4 is 40.6 Å². The predicted molar refractivity (Wildman–Crippen MR) is 93.9 cm³/mol. The molecular formula is C17H13ClN4O3. The van der Waals surface area contributed by atoms with E-state index in [-0.39, 0.29) is 17.3 Å². The van der Waals surface area contributed by atoms with Crippen LogP contribution in [-0.4, -0.2) is 32.7 Å². The Morgan fingerprint density at radius 2 is 2.08 bits per heavy atom. The molecule has 0 atom stereocenters. The van der Waals surface area contributed by atoms with E-state index in [4.69, 9.17) is 16.7 Å². The number of amides is 1. The van der Waals surface area contributed by atoms with Crippen molar-refractivity contribution in [1.29, 1.82) is 0 Å². The Kier molecular flexibility index (Phi) is 4.76. The molecule has 2 heterocycles. The molecule has 0 saturated carbocycles. The fraction of sp³-hybridized carbons (Fsp3) is 0.0588. The quantitative estimate of drug-likeness (QED) is 0.417. The van der Waals surface area contributed by atoms with Gasteiger partial charge in [0.15, 0.2) is 0 Å². The number of nitrogens with one attached hydrogen (secondary N) is 1.